The monoisotopic (exact) mass is 351 g/mol. The van der Waals surface area contributed by atoms with Crippen molar-refractivity contribution in [3.05, 3.63) is 22.4 Å². The van der Waals surface area contributed by atoms with Crippen LogP contribution < -0.4 is 0 Å². The molecule has 24 heavy (non-hydrogen) atoms. The van der Waals surface area contributed by atoms with Crippen molar-refractivity contribution >= 4 is 23.2 Å². The summed E-state index contributed by atoms with van der Waals surface area (Å²) in [6.07, 6.45) is 4.67. The molecule has 6 heteroatoms. The lowest BCUT2D eigenvalue weighted by atomic mass is 9.80. The van der Waals surface area contributed by atoms with E-state index in [1.54, 1.807) is 0 Å². The SMILES string of the molecule is O=C(O)C1CCCC(C(=O)N2CCCC2CC(O)c2cccs2)C1. The number of hydrogen-bond acceptors (Lipinski definition) is 4. The van der Waals surface area contributed by atoms with E-state index in [2.05, 4.69) is 0 Å². The molecule has 4 unspecified atom stereocenters. The van der Waals surface area contributed by atoms with Gasteiger partial charge in [0.15, 0.2) is 0 Å². The first-order valence-corrected chi connectivity index (χ1v) is 9.69. The summed E-state index contributed by atoms with van der Waals surface area (Å²) in [5.74, 6) is -1.23. The van der Waals surface area contributed by atoms with Crippen molar-refractivity contribution < 1.29 is 19.8 Å². The lowest BCUT2D eigenvalue weighted by Crippen LogP contribution is -2.42. The van der Waals surface area contributed by atoms with Gasteiger partial charge in [0.2, 0.25) is 5.91 Å². The van der Waals surface area contributed by atoms with Crippen molar-refractivity contribution in [1.29, 1.82) is 0 Å². The maximum atomic E-state index is 12.9. The van der Waals surface area contributed by atoms with Gasteiger partial charge in [-0.2, -0.15) is 0 Å². The molecule has 4 atom stereocenters. The zero-order chi connectivity index (χ0) is 17.1. The van der Waals surface area contributed by atoms with Gasteiger partial charge in [-0.05, 0) is 50.0 Å². The van der Waals surface area contributed by atoms with Gasteiger partial charge in [0.05, 0.1) is 12.0 Å². The zero-order valence-electron chi connectivity index (χ0n) is 13.8. The first-order chi connectivity index (χ1) is 11.6. The van der Waals surface area contributed by atoms with E-state index >= 15 is 0 Å². The third-order valence-electron chi connectivity index (χ3n) is 5.40. The summed E-state index contributed by atoms with van der Waals surface area (Å²) in [4.78, 5) is 27.0. The summed E-state index contributed by atoms with van der Waals surface area (Å²) in [6.45, 7) is 0.731. The number of nitrogens with zero attached hydrogens (tertiary/aromatic N) is 1. The van der Waals surface area contributed by atoms with Gasteiger partial charge < -0.3 is 15.1 Å². The second-order valence-corrected chi connectivity index (χ2v) is 7.97. The molecule has 1 aliphatic heterocycles. The number of thiophene rings is 1. The lowest BCUT2D eigenvalue weighted by Gasteiger charge is -2.33. The van der Waals surface area contributed by atoms with Gasteiger partial charge in [-0.15, -0.1) is 11.3 Å². The highest BCUT2D eigenvalue weighted by atomic mass is 32.1. The Morgan fingerprint density at radius 3 is 2.75 bits per heavy atom. The van der Waals surface area contributed by atoms with Crippen LogP contribution >= 0.6 is 11.3 Å². The Balaban J connectivity index is 1.62. The number of carboxylic acids is 1. The molecule has 1 saturated carbocycles. The third kappa shape index (κ3) is 3.81. The number of carbonyl (C=O) groups excluding carboxylic acids is 1. The minimum atomic E-state index is -0.779. The van der Waals surface area contributed by atoms with Gasteiger partial charge in [0, 0.05) is 23.4 Å². The van der Waals surface area contributed by atoms with Crippen molar-refractivity contribution in [2.24, 2.45) is 11.8 Å². The molecule has 2 heterocycles. The van der Waals surface area contributed by atoms with Crippen LogP contribution in [-0.2, 0) is 9.59 Å². The number of aliphatic hydroxyl groups excluding tert-OH is 1. The molecule has 1 aliphatic carbocycles. The highest BCUT2D eigenvalue weighted by molar-refractivity contribution is 7.10. The van der Waals surface area contributed by atoms with Crippen LogP contribution in [0.4, 0.5) is 0 Å². The number of aliphatic carboxylic acids is 1. The fourth-order valence-corrected chi connectivity index (χ4v) is 4.82. The molecule has 1 saturated heterocycles. The molecule has 3 rings (SSSR count). The van der Waals surface area contributed by atoms with E-state index in [9.17, 15) is 19.8 Å². The zero-order valence-corrected chi connectivity index (χ0v) is 14.6. The molecule has 2 N–H and O–H groups in total. The molecular weight excluding hydrogens is 326 g/mol. The molecule has 5 nitrogen and oxygen atoms in total. The van der Waals surface area contributed by atoms with Gasteiger partial charge in [0.25, 0.3) is 0 Å². The minimum absolute atomic E-state index is 0.0693. The summed E-state index contributed by atoms with van der Waals surface area (Å²) in [5, 5.41) is 21.6. The molecule has 0 aromatic carbocycles. The van der Waals surface area contributed by atoms with Crippen LogP contribution in [-0.4, -0.2) is 39.6 Å². The Labute approximate surface area is 146 Å². The van der Waals surface area contributed by atoms with Gasteiger partial charge >= 0.3 is 5.97 Å². The molecule has 1 aromatic rings. The van der Waals surface area contributed by atoms with Crippen molar-refractivity contribution in [3.8, 4) is 0 Å². The number of carbonyl (C=O) groups is 2. The first kappa shape index (κ1) is 17.4. The fourth-order valence-electron chi connectivity index (χ4n) is 4.10. The number of likely N-dealkylation sites (tertiary alicyclic amines) is 1. The number of hydrogen-bond donors (Lipinski definition) is 2. The second kappa shape index (κ2) is 7.66. The second-order valence-electron chi connectivity index (χ2n) is 6.99. The van der Waals surface area contributed by atoms with Crippen LogP contribution in [0.25, 0.3) is 0 Å². The van der Waals surface area contributed by atoms with E-state index in [4.69, 9.17) is 0 Å². The number of amides is 1. The molecule has 2 aliphatic rings. The highest BCUT2D eigenvalue weighted by Gasteiger charge is 2.37. The topological polar surface area (TPSA) is 77.8 Å². The maximum absolute atomic E-state index is 12.9. The summed E-state index contributed by atoms with van der Waals surface area (Å²) in [6, 6.07) is 3.92. The van der Waals surface area contributed by atoms with Crippen LogP contribution in [0.1, 0.15) is 55.9 Å². The average Bonchev–Trinajstić information content (AvgIpc) is 3.26. The maximum Gasteiger partial charge on any atom is 0.306 e. The molecule has 132 valence electrons. The summed E-state index contributed by atoms with van der Waals surface area (Å²) in [7, 11) is 0. The predicted molar refractivity (Wildman–Crippen MR) is 91.7 cm³/mol. The largest absolute Gasteiger partial charge is 0.481 e. The average molecular weight is 351 g/mol. The van der Waals surface area contributed by atoms with E-state index in [-0.39, 0.29) is 23.8 Å². The van der Waals surface area contributed by atoms with Crippen LogP contribution in [0.15, 0.2) is 17.5 Å². The Morgan fingerprint density at radius 2 is 2.04 bits per heavy atom. The minimum Gasteiger partial charge on any atom is -0.481 e. The smallest absolute Gasteiger partial charge is 0.306 e. The molecule has 0 radical (unpaired) electrons. The van der Waals surface area contributed by atoms with Crippen molar-refractivity contribution in [3.63, 3.8) is 0 Å². The fraction of sp³-hybridized carbons (Fsp3) is 0.667. The quantitative estimate of drug-likeness (QED) is 0.855. The molecule has 1 aromatic heterocycles. The normalized spacial score (nSPS) is 28.7. The van der Waals surface area contributed by atoms with Crippen molar-refractivity contribution in [2.75, 3.05) is 6.54 Å². The van der Waals surface area contributed by atoms with E-state index in [0.29, 0.717) is 19.3 Å². The number of carboxylic acid groups (broad SMARTS) is 1. The van der Waals surface area contributed by atoms with E-state index in [1.165, 1.54) is 11.3 Å². The van der Waals surface area contributed by atoms with Crippen LogP contribution in [0.2, 0.25) is 0 Å². The first-order valence-electron chi connectivity index (χ1n) is 8.81. The molecule has 2 fully saturated rings. The van der Waals surface area contributed by atoms with Crippen LogP contribution in [0.5, 0.6) is 0 Å². The Kier molecular flexibility index (Phi) is 5.56. The lowest BCUT2D eigenvalue weighted by molar-refractivity contribution is -0.145. The van der Waals surface area contributed by atoms with Gasteiger partial charge in [-0.1, -0.05) is 12.5 Å². The van der Waals surface area contributed by atoms with Crippen molar-refractivity contribution in [1.82, 2.24) is 4.90 Å². The van der Waals surface area contributed by atoms with Gasteiger partial charge in [-0.3, -0.25) is 9.59 Å². The van der Waals surface area contributed by atoms with Gasteiger partial charge in [-0.25, -0.2) is 0 Å². The highest BCUT2D eigenvalue weighted by Crippen LogP contribution is 2.35. The Morgan fingerprint density at radius 1 is 1.25 bits per heavy atom. The van der Waals surface area contributed by atoms with Crippen LogP contribution in [0.3, 0.4) is 0 Å². The summed E-state index contributed by atoms with van der Waals surface area (Å²) in [5.41, 5.74) is 0. The molecule has 1 amide bonds. The summed E-state index contributed by atoms with van der Waals surface area (Å²) < 4.78 is 0. The molecule has 0 spiro atoms. The van der Waals surface area contributed by atoms with Crippen molar-refractivity contribution in [2.45, 2.75) is 57.1 Å². The van der Waals surface area contributed by atoms with Gasteiger partial charge in [0.1, 0.15) is 0 Å². The summed E-state index contributed by atoms with van der Waals surface area (Å²) >= 11 is 1.54. The Hall–Kier alpha value is -1.40. The van der Waals surface area contributed by atoms with E-state index in [1.807, 2.05) is 22.4 Å². The Bertz CT molecular complexity index is 574. The standard InChI is InChI=1S/C18H25NO4S/c20-15(16-7-3-9-24-16)11-14-6-2-8-19(14)17(21)12-4-1-5-13(10-12)18(22)23/h3,7,9,12-15,20H,1-2,4-6,8,10-11H2,(H,22,23). The number of aliphatic hydroxyl groups is 1. The third-order valence-corrected chi connectivity index (χ3v) is 6.37. The van der Waals surface area contributed by atoms with E-state index in [0.717, 1.165) is 37.1 Å². The molecular formula is C18H25NO4S. The van der Waals surface area contributed by atoms with E-state index < -0.39 is 12.1 Å². The predicted octanol–water partition coefficient (Wildman–Crippen LogP) is 3.05. The molecule has 0 bridgehead atoms. The van der Waals surface area contributed by atoms with Crippen LogP contribution in [0, 0.1) is 11.8 Å². The number of rotatable bonds is 5.